The Labute approximate surface area is 140 Å². The number of likely N-dealkylation sites (N-methyl/N-ethyl adjacent to an activating group) is 1. The van der Waals surface area contributed by atoms with Crippen LogP contribution in [0.25, 0.3) is 0 Å². The molecular weight excluding hydrogens is 318 g/mol. The van der Waals surface area contributed by atoms with E-state index in [2.05, 4.69) is 10.6 Å². The van der Waals surface area contributed by atoms with Crippen LogP contribution in [-0.4, -0.2) is 47.2 Å². The Morgan fingerprint density at radius 1 is 1.39 bits per heavy atom. The van der Waals surface area contributed by atoms with Crippen molar-refractivity contribution in [2.75, 3.05) is 18.4 Å². The largest absolute Gasteiger partial charge is 0.480 e. The second-order valence-corrected chi connectivity index (χ2v) is 6.22. The third-order valence-corrected chi connectivity index (χ3v) is 4.48. The van der Waals surface area contributed by atoms with E-state index >= 15 is 0 Å². The van der Waals surface area contributed by atoms with Crippen molar-refractivity contribution in [2.45, 2.75) is 38.8 Å². The van der Waals surface area contributed by atoms with Crippen molar-refractivity contribution in [3.8, 4) is 0 Å². The van der Waals surface area contributed by atoms with E-state index < -0.39 is 5.97 Å². The predicted molar refractivity (Wildman–Crippen MR) is 90.0 cm³/mol. The number of carboxylic acid groups (broad SMARTS) is 1. The number of hydrogen-bond acceptors (Lipinski definition) is 3. The van der Waals surface area contributed by atoms with Crippen LogP contribution in [0.1, 0.15) is 25.3 Å². The summed E-state index contributed by atoms with van der Waals surface area (Å²) in [5.74, 6) is -0.824. The zero-order valence-electron chi connectivity index (χ0n) is 13.3. The molecule has 1 aromatic carbocycles. The molecule has 0 bridgehead atoms. The highest BCUT2D eigenvalue weighted by Gasteiger charge is 2.34. The first-order valence-electron chi connectivity index (χ1n) is 7.69. The van der Waals surface area contributed by atoms with Gasteiger partial charge in [-0.1, -0.05) is 30.7 Å². The van der Waals surface area contributed by atoms with Crippen molar-refractivity contribution in [1.82, 2.24) is 10.2 Å². The van der Waals surface area contributed by atoms with Gasteiger partial charge >= 0.3 is 12.0 Å². The highest BCUT2D eigenvalue weighted by atomic mass is 35.5. The van der Waals surface area contributed by atoms with Gasteiger partial charge in [-0.2, -0.15) is 0 Å². The number of para-hydroxylation sites is 1. The third kappa shape index (κ3) is 4.59. The molecule has 0 aliphatic heterocycles. The normalized spacial score (nSPS) is 20.0. The monoisotopic (exact) mass is 339 g/mol. The Morgan fingerprint density at radius 2 is 2.09 bits per heavy atom. The van der Waals surface area contributed by atoms with Crippen LogP contribution in [0.3, 0.4) is 0 Å². The first kappa shape index (κ1) is 17.6. The molecule has 2 amide bonds. The second kappa shape index (κ2) is 7.66. The molecule has 6 nitrogen and oxygen atoms in total. The van der Waals surface area contributed by atoms with Gasteiger partial charge in [0.25, 0.3) is 0 Å². The summed E-state index contributed by atoms with van der Waals surface area (Å²) in [6.07, 6.45) is 1.52. The zero-order chi connectivity index (χ0) is 17.0. The maximum atomic E-state index is 12.1. The van der Waals surface area contributed by atoms with E-state index in [4.69, 9.17) is 16.7 Å². The number of nitrogens with zero attached hydrogens (tertiary/aromatic N) is 1. The van der Waals surface area contributed by atoms with Crippen molar-refractivity contribution < 1.29 is 14.7 Å². The molecule has 0 radical (unpaired) electrons. The molecule has 1 saturated carbocycles. The highest BCUT2D eigenvalue weighted by Crippen LogP contribution is 2.27. The number of carboxylic acids is 1. The zero-order valence-corrected chi connectivity index (χ0v) is 14.1. The van der Waals surface area contributed by atoms with Crippen LogP contribution in [-0.2, 0) is 4.79 Å². The lowest BCUT2D eigenvalue weighted by molar-refractivity contribution is -0.139. The van der Waals surface area contributed by atoms with Crippen molar-refractivity contribution in [1.29, 1.82) is 0 Å². The van der Waals surface area contributed by atoms with Gasteiger partial charge in [-0.3, -0.25) is 9.69 Å². The molecule has 0 saturated heterocycles. The van der Waals surface area contributed by atoms with E-state index in [1.807, 2.05) is 30.9 Å². The lowest BCUT2D eigenvalue weighted by Crippen LogP contribution is -2.55. The van der Waals surface area contributed by atoms with E-state index in [1.54, 1.807) is 6.07 Å². The summed E-state index contributed by atoms with van der Waals surface area (Å²) in [6.45, 7) is 4.55. The van der Waals surface area contributed by atoms with Crippen molar-refractivity contribution in [2.24, 2.45) is 0 Å². The van der Waals surface area contributed by atoms with Crippen LogP contribution in [0.4, 0.5) is 10.5 Å². The molecule has 0 aromatic heterocycles. The topological polar surface area (TPSA) is 81.7 Å². The Kier molecular flexibility index (Phi) is 5.85. The molecule has 0 spiro atoms. The fourth-order valence-corrected chi connectivity index (χ4v) is 3.07. The molecular formula is C16H22ClN3O3. The average Bonchev–Trinajstić information content (AvgIpc) is 2.44. The number of aryl methyl sites for hydroxylation is 1. The molecule has 0 atom stereocenters. The molecule has 1 aromatic rings. The van der Waals surface area contributed by atoms with Crippen molar-refractivity contribution in [3.05, 3.63) is 28.8 Å². The van der Waals surface area contributed by atoms with Crippen LogP contribution in [0, 0.1) is 6.92 Å². The van der Waals surface area contributed by atoms with Gasteiger partial charge in [0.15, 0.2) is 0 Å². The molecule has 126 valence electrons. The number of hydrogen-bond donors (Lipinski definition) is 3. The van der Waals surface area contributed by atoms with E-state index in [-0.39, 0.29) is 24.7 Å². The van der Waals surface area contributed by atoms with Gasteiger partial charge in [-0.05, 0) is 37.9 Å². The van der Waals surface area contributed by atoms with Crippen molar-refractivity contribution >= 4 is 29.3 Å². The molecule has 0 unspecified atom stereocenters. The minimum Gasteiger partial charge on any atom is -0.480 e. The molecule has 0 heterocycles. The van der Waals surface area contributed by atoms with Crippen molar-refractivity contribution in [3.63, 3.8) is 0 Å². The van der Waals surface area contributed by atoms with Gasteiger partial charge in [0.1, 0.15) is 0 Å². The molecule has 1 aliphatic rings. The van der Waals surface area contributed by atoms with Gasteiger partial charge in [0, 0.05) is 12.1 Å². The first-order valence-corrected chi connectivity index (χ1v) is 8.07. The number of anilines is 1. The predicted octanol–water partition coefficient (Wildman–Crippen LogP) is 2.71. The van der Waals surface area contributed by atoms with Gasteiger partial charge < -0.3 is 15.7 Å². The number of carbonyl (C=O) groups is 2. The molecule has 23 heavy (non-hydrogen) atoms. The number of rotatable bonds is 6. The summed E-state index contributed by atoms with van der Waals surface area (Å²) >= 11 is 6.09. The number of urea groups is 1. The summed E-state index contributed by atoms with van der Waals surface area (Å²) in [5.41, 5.74) is 1.52. The Hall–Kier alpha value is -1.79. The SMILES string of the molecule is CCN(CC(=O)O)C1CC(NC(=O)Nc2c(C)cccc2Cl)C1. The number of halogens is 1. The van der Waals surface area contributed by atoms with Gasteiger partial charge in [0.2, 0.25) is 0 Å². The Bertz CT molecular complexity index is 568. The number of nitrogens with one attached hydrogen (secondary N) is 2. The smallest absolute Gasteiger partial charge is 0.319 e. The fourth-order valence-electron chi connectivity index (χ4n) is 2.80. The third-order valence-electron chi connectivity index (χ3n) is 4.17. The minimum atomic E-state index is -0.824. The first-order chi connectivity index (χ1) is 10.9. The number of amides is 2. The fraction of sp³-hybridized carbons (Fsp3) is 0.500. The minimum absolute atomic E-state index is 0.0406. The lowest BCUT2D eigenvalue weighted by Gasteiger charge is -2.42. The van der Waals surface area contributed by atoms with E-state index in [1.165, 1.54) is 0 Å². The Morgan fingerprint density at radius 3 is 2.65 bits per heavy atom. The second-order valence-electron chi connectivity index (χ2n) is 5.81. The standard InChI is InChI=1S/C16H22ClN3O3/c1-3-20(9-14(21)22)12-7-11(8-12)18-16(23)19-15-10(2)5-4-6-13(15)17/h4-6,11-12H,3,7-9H2,1-2H3,(H,21,22)(H2,18,19,23). The van der Waals surface area contributed by atoms with Crippen LogP contribution in [0.2, 0.25) is 5.02 Å². The molecule has 2 rings (SSSR count). The average molecular weight is 340 g/mol. The van der Waals surface area contributed by atoms with Gasteiger partial charge in [-0.25, -0.2) is 4.79 Å². The molecule has 1 aliphatic carbocycles. The summed E-state index contributed by atoms with van der Waals surface area (Å²) in [5, 5.41) is 15.1. The van der Waals surface area contributed by atoms with Crippen LogP contribution < -0.4 is 10.6 Å². The summed E-state index contributed by atoms with van der Waals surface area (Å²) < 4.78 is 0. The Balaban J connectivity index is 1.81. The maximum Gasteiger partial charge on any atom is 0.319 e. The van der Waals surface area contributed by atoms with Crippen LogP contribution in [0.15, 0.2) is 18.2 Å². The van der Waals surface area contributed by atoms with E-state index in [0.29, 0.717) is 17.3 Å². The van der Waals surface area contributed by atoms with Crippen LogP contribution >= 0.6 is 11.6 Å². The van der Waals surface area contributed by atoms with Gasteiger partial charge in [0.05, 0.1) is 17.3 Å². The van der Waals surface area contributed by atoms with E-state index in [9.17, 15) is 9.59 Å². The quantitative estimate of drug-likeness (QED) is 0.744. The van der Waals surface area contributed by atoms with Crippen LogP contribution in [0.5, 0.6) is 0 Å². The lowest BCUT2D eigenvalue weighted by atomic mass is 9.85. The highest BCUT2D eigenvalue weighted by molar-refractivity contribution is 6.33. The molecule has 3 N–H and O–H groups in total. The summed E-state index contributed by atoms with van der Waals surface area (Å²) in [7, 11) is 0. The maximum absolute atomic E-state index is 12.1. The van der Waals surface area contributed by atoms with E-state index in [0.717, 1.165) is 18.4 Å². The summed E-state index contributed by atoms with van der Waals surface area (Å²) in [6, 6.07) is 5.43. The number of carbonyl (C=O) groups excluding carboxylic acids is 1. The number of aliphatic carboxylic acids is 1. The molecule has 1 fully saturated rings. The molecule has 7 heteroatoms. The number of benzene rings is 1. The summed E-state index contributed by atoms with van der Waals surface area (Å²) in [4.78, 5) is 24.8. The van der Waals surface area contributed by atoms with Gasteiger partial charge in [-0.15, -0.1) is 0 Å².